The third-order valence-electron chi connectivity index (χ3n) is 2.44. The van der Waals surface area contributed by atoms with E-state index < -0.39 is 6.10 Å². The molecule has 4 nitrogen and oxygen atoms in total. The Morgan fingerprint density at radius 1 is 1.33 bits per heavy atom. The standard InChI is InChI=1S/C12H14N2OS.ClH.H2O/c1-16-11-4-2-10(3-5-11)12(15)8-14-7-6-13-9-14;;/h2-7,9,12,15H,8H2,1H3;1H;1H2. The van der Waals surface area contributed by atoms with E-state index in [0.29, 0.717) is 6.54 Å². The van der Waals surface area contributed by atoms with E-state index in [0.717, 1.165) is 5.56 Å². The summed E-state index contributed by atoms with van der Waals surface area (Å²) in [6.07, 6.45) is 6.82. The van der Waals surface area contributed by atoms with Crippen LogP contribution in [0.4, 0.5) is 0 Å². The normalized spacial score (nSPS) is 11.2. The molecule has 18 heavy (non-hydrogen) atoms. The monoisotopic (exact) mass is 288 g/mol. The summed E-state index contributed by atoms with van der Waals surface area (Å²) in [5, 5.41) is 10.0. The van der Waals surface area contributed by atoms with Crippen molar-refractivity contribution in [1.82, 2.24) is 9.55 Å². The predicted molar refractivity (Wildman–Crippen MR) is 76.3 cm³/mol. The van der Waals surface area contributed by atoms with Crippen LogP contribution in [-0.4, -0.2) is 26.4 Å². The molecule has 6 heteroatoms. The SMILES string of the molecule is CSc1ccc(C(O)Cn2ccnc2)cc1.Cl.O. The second-order valence-electron chi connectivity index (χ2n) is 3.55. The van der Waals surface area contributed by atoms with Crippen molar-refractivity contribution >= 4 is 24.2 Å². The van der Waals surface area contributed by atoms with Gasteiger partial charge in [0.25, 0.3) is 0 Å². The molecule has 0 spiro atoms. The van der Waals surface area contributed by atoms with E-state index in [2.05, 4.69) is 4.98 Å². The summed E-state index contributed by atoms with van der Waals surface area (Å²) in [5.74, 6) is 0. The Bertz CT molecular complexity index is 434. The molecule has 2 rings (SSSR count). The van der Waals surface area contributed by atoms with Gasteiger partial charge in [-0.1, -0.05) is 12.1 Å². The number of halogens is 1. The summed E-state index contributed by atoms with van der Waals surface area (Å²) in [7, 11) is 0. The van der Waals surface area contributed by atoms with E-state index in [1.54, 1.807) is 24.3 Å². The number of aromatic nitrogens is 2. The van der Waals surface area contributed by atoms with Crippen molar-refractivity contribution in [3.63, 3.8) is 0 Å². The molecule has 1 unspecified atom stereocenters. The molecule has 1 heterocycles. The van der Waals surface area contributed by atoms with Gasteiger partial charge in [0.15, 0.2) is 0 Å². The minimum atomic E-state index is -0.481. The molecule has 0 radical (unpaired) electrons. The van der Waals surface area contributed by atoms with Gasteiger partial charge in [-0.15, -0.1) is 24.2 Å². The smallest absolute Gasteiger partial charge is 0.0969 e. The number of nitrogens with zero attached hydrogens (tertiary/aromatic N) is 2. The number of rotatable bonds is 4. The fourth-order valence-electron chi connectivity index (χ4n) is 1.53. The summed E-state index contributed by atoms with van der Waals surface area (Å²) < 4.78 is 1.87. The number of thioether (sulfide) groups is 1. The van der Waals surface area contributed by atoms with Gasteiger partial charge in [-0.25, -0.2) is 4.98 Å². The maximum absolute atomic E-state index is 10.0. The summed E-state index contributed by atoms with van der Waals surface area (Å²) in [4.78, 5) is 5.15. The molecule has 1 aromatic heterocycles. The first-order chi connectivity index (χ1) is 7.79. The second kappa shape index (κ2) is 8.16. The Kier molecular flexibility index (Phi) is 7.70. The number of hydrogen-bond donors (Lipinski definition) is 1. The molecule has 0 aliphatic heterocycles. The zero-order valence-electron chi connectivity index (χ0n) is 9.98. The number of benzene rings is 1. The Hall–Kier alpha value is -1.01. The lowest BCUT2D eigenvalue weighted by atomic mass is 10.1. The third-order valence-corrected chi connectivity index (χ3v) is 3.19. The molecule has 0 bridgehead atoms. The lowest BCUT2D eigenvalue weighted by molar-refractivity contribution is 0.156. The van der Waals surface area contributed by atoms with E-state index in [1.165, 1.54) is 4.90 Å². The second-order valence-corrected chi connectivity index (χ2v) is 4.43. The van der Waals surface area contributed by atoms with Crippen molar-refractivity contribution in [1.29, 1.82) is 0 Å². The third kappa shape index (κ3) is 4.34. The molecule has 2 aromatic rings. The molecule has 0 saturated carbocycles. The molecule has 0 saturated heterocycles. The lowest BCUT2D eigenvalue weighted by Gasteiger charge is -2.11. The zero-order chi connectivity index (χ0) is 11.4. The van der Waals surface area contributed by atoms with E-state index in [-0.39, 0.29) is 17.9 Å². The Morgan fingerprint density at radius 3 is 2.50 bits per heavy atom. The van der Waals surface area contributed by atoms with Gasteiger partial charge in [0.1, 0.15) is 0 Å². The maximum atomic E-state index is 10.0. The number of imidazole rings is 1. The minimum Gasteiger partial charge on any atom is -0.412 e. The van der Waals surface area contributed by atoms with Crippen LogP contribution in [0.15, 0.2) is 47.9 Å². The van der Waals surface area contributed by atoms with Gasteiger partial charge in [-0.3, -0.25) is 0 Å². The summed E-state index contributed by atoms with van der Waals surface area (Å²) in [6.45, 7) is 0.540. The van der Waals surface area contributed by atoms with Gasteiger partial charge >= 0.3 is 0 Å². The largest absolute Gasteiger partial charge is 0.412 e. The van der Waals surface area contributed by atoms with Crippen LogP contribution >= 0.6 is 24.2 Å². The number of hydrogen-bond acceptors (Lipinski definition) is 3. The highest BCUT2D eigenvalue weighted by Crippen LogP contribution is 2.20. The molecule has 0 aliphatic carbocycles. The van der Waals surface area contributed by atoms with Crippen molar-refractivity contribution in [2.75, 3.05) is 6.26 Å². The summed E-state index contributed by atoms with van der Waals surface area (Å²) in [5.41, 5.74) is 0.937. The molecule has 0 fully saturated rings. The highest BCUT2D eigenvalue weighted by molar-refractivity contribution is 7.98. The van der Waals surface area contributed by atoms with E-state index >= 15 is 0 Å². The highest BCUT2D eigenvalue weighted by atomic mass is 35.5. The van der Waals surface area contributed by atoms with Gasteiger partial charge in [0.2, 0.25) is 0 Å². The average molecular weight is 289 g/mol. The van der Waals surface area contributed by atoms with Crippen molar-refractivity contribution in [3.05, 3.63) is 48.5 Å². The first-order valence-electron chi connectivity index (χ1n) is 5.07. The van der Waals surface area contributed by atoms with Crippen LogP contribution in [0, 0.1) is 0 Å². The van der Waals surface area contributed by atoms with Crippen LogP contribution in [0.3, 0.4) is 0 Å². The highest BCUT2D eigenvalue weighted by Gasteiger charge is 2.07. The molecular weight excluding hydrogens is 272 g/mol. The quantitative estimate of drug-likeness (QED) is 0.874. The van der Waals surface area contributed by atoms with Crippen LogP contribution in [0.2, 0.25) is 0 Å². The van der Waals surface area contributed by atoms with E-state index in [1.807, 2.05) is 41.3 Å². The first kappa shape index (κ1) is 17.0. The molecule has 1 atom stereocenters. The summed E-state index contributed by atoms with van der Waals surface area (Å²) in [6, 6.07) is 7.98. The van der Waals surface area contributed by atoms with E-state index in [9.17, 15) is 5.11 Å². The molecule has 0 aliphatic rings. The fourth-order valence-corrected chi connectivity index (χ4v) is 1.93. The molecular formula is C12H17ClN2O2S. The minimum absolute atomic E-state index is 0. The van der Waals surface area contributed by atoms with Gasteiger partial charge in [0, 0.05) is 17.3 Å². The van der Waals surface area contributed by atoms with Crippen LogP contribution in [0.5, 0.6) is 0 Å². The Morgan fingerprint density at radius 2 is 2.00 bits per heavy atom. The van der Waals surface area contributed by atoms with Crippen molar-refractivity contribution < 1.29 is 10.6 Å². The van der Waals surface area contributed by atoms with E-state index in [4.69, 9.17) is 0 Å². The number of aliphatic hydroxyl groups excluding tert-OH is 1. The molecule has 1 aromatic carbocycles. The van der Waals surface area contributed by atoms with Crippen LogP contribution in [0.1, 0.15) is 11.7 Å². The van der Waals surface area contributed by atoms with Crippen molar-refractivity contribution in [2.24, 2.45) is 0 Å². The summed E-state index contributed by atoms with van der Waals surface area (Å²) >= 11 is 1.70. The van der Waals surface area contributed by atoms with Gasteiger partial charge in [0.05, 0.1) is 19.0 Å². The van der Waals surface area contributed by atoms with Crippen LogP contribution < -0.4 is 0 Å². The topological polar surface area (TPSA) is 69.5 Å². The Balaban J connectivity index is 0.00000144. The van der Waals surface area contributed by atoms with Crippen LogP contribution in [-0.2, 0) is 6.54 Å². The average Bonchev–Trinajstić information content (AvgIpc) is 2.82. The van der Waals surface area contributed by atoms with Gasteiger partial charge < -0.3 is 15.1 Å². The van der Waals surface area contributed by atoms with Gasteiger partial charge in [-0.2, -0.15) is 0 Å². The zero-order valence-corrected chi connectivity index (χ0v) is 11.6. The first-order valence-corrected chi connectivity index (χ1v) is 6.30. The van der Waals surface area contributed by atoms with Gasteiger partial charge in [-0.05, 0) is 24.0 Å². The number of aliphatic hydroxyl groups is 1. The maximum Gasteiger partial charge on any atom is 0.0969 e. The van der Waals surface area contributed by atoms with Crippen molar-refractivity contribution in [2.45, 2.75) is 17.5 Å². The fraction of sp³-hybridized carbons (Fsp3) is 0.250. The predicted octanol–water partition coefficient (Wildman–Crippen LogP) is 1.94. The molecule has 0 amide bonds. The van der Waals surface area contributed by atoms with Crippen LogP contribution in [0.25, 0.3) is 0 Å². The molecule has 3 N–H and O–H groups in total. The lowest BCUT2D eigenvalue weighted by Crippen LogP contribution is -2.06. The molecule has 100 valence electrons. The Labute approximate surface area is 117 Å². The van der Waals surface area contributed by atoms with Crippen molar-refractivity contribution in [3.8, 4) is 0 Å².